The zero-order chi connectivity index (χ0) is 19.8. The highest BCUT2D eigenvalue weighted by Crippen LogP contribution is 2.31. The number of carbonyl (C=O) groups is 3. The second-order valence-corrected chi connectivity index (χ2v) is 6.26. The summed E-state index contributed by atoms with van der Waals surface area (Å²) in [6.07, 6.45) is 0. The standard InChI is InChI=1S/C19H16F2N2O4/c1-19(14-8-7-13(20)9-15(14)21)17(25)23(18(26)22-19)10-11-3-5-12(6-4-11)16(24)27-2/h3-9H,10H2,1-2H3,(H,22,26). The van der Waals surface area contributed by atoms with Crippen LogP contribution in [0.4, 0.5) is 13.6 Å². The lowest BCUT2D eigenvalue weighted by atomic mass is 9.91. The lowest BCUT2D eigenvalue weighted by Crippen LogP contribution is -2.41. The summed E-state index contributed by atoms with van der Waals surface area (Å²) in [7, 11) is 1.26. The number of ether oxygens (including phenoxy) is 1. The molecule has 1 atom stereocenters. The van der Waals surface area contributed by atoms with E-state index < -0.39 is 35.1 Å². The monoisotopic (exact) mass is 374 g/mol. The van der Waals surface area contributed by atoms with E-state index in [0.29, 0.717) is 17.2 Å². The number of imide groups is 1. The molecule has 0 bridgehead atoms. The van der Waals surface area contributed by atoms with Crippen LogP contribution < -0.4 is 5.32 Å². The van der Waals surface area contributed by atoms with Crippen LogP contribution in [0.3, 0.4) is 0 Å². The smallest absolute Gasteiger partial charge is 0.337 e. The Kier molecular flexibility index (Phi) is 4.65. The van der Waals surface area contributed by atoms with E-state index in [9.17, 15) is 23.2 Å². The summed E-state index contributed by atoms with van der Waals surface area (Å²) in [6.45, 7) is 1.30. The molecule has 1 aliphatic heterocycles. The van der Waals surface area contributed by atoms with Gasteiger partial charge in [-0.05, 0) is 30.7 Å². The van der Waals surface area contributed by atoms with Gasteiger partial charge in [-0.15, -0.1) is 0 Å². The van der Waals surface area contributed by atoms with Gasteiger partial charge in [0, 0.05) is 11.6 Å². The molecule has 0 radical (unpaired) electrons. The Hall–Kier alpha value is -3.29. The number of esters is 1. The molecule has 1 unspecified atom stereocenters. The second kappa shape index (κ2) is 6.79. The number of nitrogens with one attached hydrogen (secondary N) is 1. The van der Waals surface area contributed by atoms with Crippen molar-refractivity contribution in [1.82, 2.24) is 10.2 Å². The van der Waals surface area contributed by atoms with Crippen molar-refractivity contribution >= 4 is 17.9 Å². The largest absolute Gasteiger partial charge is 0.465 e. The normalized spacial score (nSPS) is 19.2. The van der Waals surface area contributed by atoms with Gasteiger partial charge >= 0.3 is 12.0 Å². The molecule has 3 rings (SSSR count). The zero-order valence-corrected chi connectivity index (χ0v) is 14.6. The summed E-state index contributed by atoms with van der Waals surface area (Å²) in [4.78, 5) is 37.5. The Morgan fingerprint density at radius 1 is 1.15 bits per heavy atom. The Bertz CT molecular complexity index is 930. The summed E-state index contributed by atoms with van der Waals surface area (Å²) in [6, 6.07) is 8.32. The lowest BCUT2D eigenvalue weighted by molar-refractivity contribution is -0.131. The molecule has 1 N–H and O–H groups in total. The van der Waals surface area contributed by atoms with E-state index in [2.05, 4.69) is 10.1 Å². The number of halogens is 2. The Morgan fingerprint density at radius 3 is 2.41 bits per heavy atom. The SMILES string of the molecule is COC(=O)c1ccc(CN2C(=O)NC(C)(c3ccc(F)cc3F)C2=O)cc1. The minimum absolute atomic E-state index is 0.0650. The van der Waals surface area contributed by atoms with Gasteiger partial charge in [-0.25, -0.2) is 18.4 Å². The molecule has 2 aromatic rings. The molecular formula is C19H16F2N2O4. The number of benzene rings is 2. The first-order chi connectivity index (χ1) is 12.8. The number of nitrogens with zero attached hydrogens (tertiary/aromatic N) is 1. The maximum atomic E-state index is 14.1. The third kappa shape index (κ3) is 3.25. The molecule has 0 aromatic heterocycles. The number of hydrogen-bond acceptors (Lipinski definition) is 4. The van der Waals surface area contributed by atoms with Gasteiger partial charge in [0.15, 0.2) is 0 Å². The molecule has 140 valence electrons. The van der Waals surface area contributed by atoms with E-state index in [0.717, 1.165) is 17.0 Å². The fourth-order valence-electron chi connectivity index (χ4n) is 2.96. The van der Waals surface area contributed by atoms with Crippen molar-refractivity contribution < 1.29 is 27.9 Å². The van der Waals surface area contributed by atoms with Gasteiger partial charge in [0.2, 0.25) is 0 Å². The van der Waals surface area contributed by atoms with E-state index in [4.69, 9.17) is 0 Å². The van der Waals surface area contributed by atoms with Crippen molar-refractivity contribution in [3.63, 3.8) is 0 Å². The highest BCUT2D eigenvalue weighted by Gasteiger charge is 2.50. The van der Waals surface area contributed by atoms with Crippen LogP contribution in [-0.4, -0.2) is 29.9 Å². The average molecular weight is 374 g/mol. The van der Waals surface area contributed by atoms with Crippen LogP contribution in [0, 0.1) is 11.6 Å². The third-order valence-corrected chi connectivity index (χ3v) is 4.46. The highest BCUT2D eigenvalue weighted by atomic mass is 19.1. The van der Waals surface area contributed by atoms with E-state index in [-0.39, 0.29) is 12.1 Å². The summed E-state index contributed by atoms with van der Waals surface area (Å²) >= 11 is 0. The fourth-order valence-corrected chi connectivity index (χ4v) is 2.96. The number of hydrogen-bond donors (Lipinski definition) is 1. The maximum absolute atomic E-state index is 14.1. The van der Waals surface area contributed by atoms with Crippen molar-refractivity contribution in [2.45, 2.75) is 19.0 Å². The van der Waals surface area contributed by atoms with Crippen molar-refractivity contribution in [3.8, 4) is 0 Å². The third-order valence-electron chi connectivity index (χ3n) is 4.46. The lowest BCUT2D eigenvalue weighted by Gasteiger charge is -2.22. The molecule has 2 aromatic carbocycles. The number of rotatable bonds is 4. The van der Waals surface area contributed by atoms with Gasteiger partial charge < -0.3 is 10.1 Å². The van der Waals surface area contributed by atoms with Crippen molar-refractivity contribution in [3.05, 3.63) is 70.8 Å². The van der Waals surface area contributed by atoms with Gasteiger partial charge in [-0.1, -0.05) is 18.2 Å². The van der Waals surface area contributed by atoms with Crippen LogP contribution in [0.1, 0.15) is 28.4 Å². The molecule has 0 aliphatic carbocycles. The summed E-state index contributed by atoms with van der Waals surface area (Å²) in [5.74, 6) is -2.86. The molecule has 0 saturated carbocycles. The first-order valence-electron chi connectivity index (χ1n) is 8.03. The van der Waals surface area contributed by atoms with Crippen LogP contribution in [0.2, 0.25) is 0 Å². The number of methoxy groups -OCH3 is 1. The van der Waals surface area contributed by atoms with E-state index in [1.165, 1.54) is 26.2 Å². The Balaban J connectivity index is 1.85. The predicted molar refractivity (Wildman–Crippen MR) is 90.6 cm³/mol. The minimum Gasteiger partial charge on any atom is -0.465 e. The first kappa shape index (κ1) is 18.5. The predicted octanol–water partition coefficient (Wildman–Crippen LogP) is 2.72. The molecule has 1 heterocycles. The Morgan fingerprint density at radius 2 is 1.81 bits per heavy atom. The number of urea groups is 1. The molecule has 0 spiro atoms. The summed E-state index contributed by atoms with van der Waals surface area (Å²) in [5.41, 5.74) is -0.835. The fraction of sp³-hybridized carbons (Fsp3) is 0.211. The molecule has 8 heteroatoms. The molecule has 3 amide bonds. The van der Waals surface area contributed by atoms with Crippen LogP contribution >= 0.6 is 0 Å². The quantitative estimate of drug-likeness (QED) is 0.660. The molecule has 1 fully saturated rings. The topological polar surface area (TPSA) is 75.7 Å². The maximum Gasteiger partial charge on any atom is 0.337 e. The van der Waals surface area contributed by atoms with E-state index in [1.807, 2.05) is 0 Å². The number of carbonyl (C=O) groups excluding carboxylic acids is 3. The van der Waals surface area contributed by atoms with Crippen molar-refractivity contribution in [2.75, 3.05) is 7.11 Å². The Labute approximate surface area is 153 Å². The van der Waals surface area contributed by atoms with E-state index in [1.54, 1.807) is 12.1 Å². The second-order valence-electron chi connectivity index (χ2n) is 6.26. The first-order valence-corrected chi connectivity index (χ1v) is 8.03. The van der Waals surface area contributed by atoms with Crippen LogP contribution in [-0.2, 0) is 21.6 Å². The summed E-state index contributed by atoms with van der Waals surface area (Å²) < 4.78 is 31.9. The molecular weight excluding hydrogens is 358 g/mol. The number of amides is 3. The van der Waals surface area contributed by atoms with Gasteiger partial charge in [-0.3, -0.25) is 9.69 Å². The molecule has 6 nitrogen and oxygen atoms in total. The molecule has 1 aliphatic rings. The minimum atomic E-state index is -1.64. The van der Waals surface area contributed by atoms with Gasteiger partial charge in [0.1, 0.15) is 17.2 Å². The van der Waals surface area contributed by atoms with Crippen LogP contribution in [0.15, 0.2) is 42.5 Å². The van der Waals surface area contributed by atoms with E-state index >= 15 is 0 Å². The van der Waals surface area contributed by atoms with Gasteiger partial charge in [-0.2, -0.15) is 0 Å². The summed E-state index contributed by atoms with van der Waals surface area (Å²) in [5, 5.41) is 2.47. The average Bonchev–Trinajstić information content (AvgIpc) is 2.85. The van der Waals surface area contributed by atoms with Crippen molar-refractivity contribution in [2.24, 2.45) is 0 Å². The molecule has 27 heavy (non-hydrogen) atoms. The molecule has 1 saturated heterocycles. The zero-order valence-electron chi connectivity index (χ0n) is 14.6. The van der Waals surface area contributed by atoms with Crippen LogP contribution in [0.25, 0.3) is 0 Å². The van der Waals surface area contributed by atoms with Crippen molar-refractivity contribution in [1.29, 1.82) is 0 Å². The van der Waals surface area contributed by atoms with Gasteiger partial charge in [0.25, 0.3) is 5.91 Å². The van der Waals surface area contributed by atoms with Gasteiger partial charge in [0.05, 0.1) is 19.2 Å². The van der Waals surface area contributed by atoms with Crippen LogP contribution in [0.5, 0.6) is 0 Å². The highest BCUT2D eigenvalue weighted by molar-refractivity contribution is 6.07.